The Labute approximate surface area is 207 Å². The molecular weight excluding hydrogens is 481 g/mol. The van der Waals surface area contributed by atoms with Gasteiger partial charge in [-0.15, -0.1) is 0 Å². The quantitative estimate of drug-likeness (QED) is 0.394. The molecule has 198 valence electrons. The van der Waals surface area contributed by atoms with Gasteiger partial charge in [0.15, 0.2) is 6.10 Å². The summed E-state index contributed by atoms with van der Waals surface area (Å²) in [6.45, 7) is 3.43. The molecule has 2 unspecified atom stereocenters. The molecule has 0 radical (unpaired) electrons. The van der Waals surface area contributed by atoms with Crippen molar-refractivity contribution in [3.63, 3.8) is 0 Å². The maximum atomic E-state index is 13.4. The molecule has 1 aromatic carbocycles. The van der Waals surface area contributed by atoms with E-state index in [1.165, 1.54) is 14.0 Å². The maximum absolute atomic E-state index is 13.4. The summed E-state index contributed by atoms with van der Waals surface area (Å²) >= 11 is 0. The molecule has 0 spiro atoms. The van der Waals surface area contributed by atoms with Crippen LogP contribution in [0.2, 0.25) is 0 Å². The van der Waals surface area contributed by atoms with E-state index in [-0.39, 0.29) is 24.7 Å². The fourth-order valence-electron chi connectivity index (χ4n) is 4.14. The van der Waals surface area contributed by atoms with Crippen LogP contribution in [0.5, 0.6) is 5.75 Å². The number of benzene rings is 1. The second-order valence-electron chi connectivity index (χ2n) is 8.51. The number of hydrogen-bond donors (Lipinski definition) is 3. The molecule has 1 fully saturated rings. The number of carbonyl (C=O) groups is 2. The Hall–Kier alpha value is -3.28. The Balaban J connectivity index is 1.77. The van der Waals surface area contributed by atoms with E-state index in [1.54, 1.807) is 31.2 Å². The lowest BCUT2D eigenvalue weighted by atomic mass is 9.92. The minimum absolute atomic E-state index is 0.00678. The largest absolute Gasteiger partial charge is 0.495 e. The topological polar surface area (TPSA) is 110 Å². The summed E-state index contributed by atoms with van der Waals surface area (Å²) < 4.78 is 55.4. The van der Waals surface area contributed by atoms with Crippen LogP contribution in [-0.2, 0) is 14.3 Å². The van der Waals surface area contributed by atoms with Gasteiger partial charge in [0.05, 0.1) is 37.1 Å². The van der Waals surface area contributed by atoms with E-state index in [9.17, 15) is 22.8 Å². The summed E-state index contributed by atoms with van der Waals surface area (Å²) in [6, 6.07) is 6.60. The predicted octanol–water partition coefficient (Wildman–Crippen LogP) is 3.91. The van der Waals surface area contributed by atoms with Crippen LogP contribution in [0, 0.1) is 0 Å². The lowest BCUT2D eigenvalue weighted by Gasteiger charge is -2.27. The van der Waals surface area contributed by atoms with Crippen molar-refractivity contribution in [1.82, 2.24) is 10.6 Å². The zero-order chi connectivity index (χ0) is 26.3. The summed E-state index contributed by atoms with van der Waals surface area (Å²) in [5.74, 6) is -0.500. The lowest BCUT2D eigenvalue weighted by Crippen LogP contribution is -2.43. The highest BCUT2D eigenvalue weighted by Crippen LogP contribution is 2.34. The van der Waals surface area contributed by atoms with Crippen molar-refractivity contribution in [2.24, 2.45) is 4.99 Å². The van der Waals surface area contributed by atoms with Crippen molar-refractivity contribution in [3.05, 3.63) is 35.9 Å². The van der Waals surface area contributed by atoms with Gasteiger partial charge in [-0.2, -0.15) is 13.2 Å². The molecule has 3 rings (SSSR count). The average Bonchev–Trinajstić information content (AvgIpc) is 3.23. The van der Waals surface area contributed by atoms with Crippen molar-refractivity contribution < 1.29 is 37.0 Å². The molecule has 1 aliphatic heterocycles. The van der Waals surface area contributed by atoms with Crippen LogP contribution in [-0.4, -0.2) is 62.1 Å². The van der Waals surface area contributed by atoms with Gasteiger partial charge in [0.2, 0.25) is 5.96 Å². The van der Waals surface area contributed by atoms with Gasteiger partial charge in [-0.1, -0.05) is 12.1 Å². The van der Waals surface area contributed by atoms with Crippen LogP contribution in [0.15, 0.2) is 40.9 Å². The zero-order valence-corrected chi connectivity index (χ0v) is 20.4. The number of amides is 2. The Bertz CT molecular complexity index is 990. The van der Waals surface area contributed by atoms with Gasteiger partial charge >= 0.3 is 12.3 Å². The number of nitrogens with one attached hydrogen (secondary N) is 3. The first-order valence-corrected chi connectivity index (χ1v) is 11.8. The van der Waals surface area contributed by atoms with Crippen LogP contribution in [0.1, 0.15) is 39.5 Å². The van der Waals surface area contributed by atoms with Gasteiger partial charge in [-0.25, -0.2) is 9.79 Å². The van der Waals surface area contributed by atoms with E-state index in [0.717, 1.165) is 6.08 Å². The zero-order valence-electron chi connectivity index (χ0n) is 20.4. The van der Waals surface area contributed by atoms with Gasteiger partial charge in [0.1, 0.15) is 5.75 Å². The molecule has 1 saturated carbocycles. The summed E-state index contributed by atoms with van der Waals surface area (Å²) in [5, 5.41) is 8.28. The molecule has 1 heterocycles. The smallest absolute Gasteiger partial charge is 0.419 e. The number of halogens is 3. The van der Waals surface area contributed by atoms with Crippen molar-refractivity contribution >= 4 is 23.6 Å². The molecule has 3 N–H and O–H groups in total. The highest BCUT2D eigenvalue weighted by molar-refractivity contribution is 6.10. The van der Waals surface area contributed by atoms with Crippen LogP contribution >= 0.6 is 0 Å². The first-order chi connectivity index (χ1) is 17.1. The number of alkyl halides is 3. The number of carbonyl (C=O) groups excluding carboxylic acids is 2. The molecule has 12 heteroatoms. The van der Waals surface area contributed by atoms with E-state index in [4.69, 9.17) is 14.2 Å². The van der Waals surface area contributed by atoms with Gasteiger partial charge in [-0.05, 0) is 57.7 Å². The van der Waals surface area contributed by atoms with E-state index < -0.39 is 36.0 Å². The Morgan fingerprint density at radius 2 is 1.86 bits per heavy atom. The molecule has 1 aromatic rings. The van der Waals surface area contributed by atoms with E-state index in [1.807, 2.05) is 0 Å². The minimum Gasteiger partial charge on any atom is -0.495 e. The molecule has 0 aromatic heterocycles. The predicted molar refractivity (Wildman–Crippen MR) is 127 cm³/mol. The monoisotopic (exact) mass is 512 g/mol. The highest BCUT2D eigenvalue weighted by Gasteiger charge is 2.49. The molecule has 0 saturated heterocycles. The van der Waals surface area contributed by atoms with Gasteiger partial charge < -0.3 is 24.8 Å². The van der Waals surface area contributed by atoms with Crippen molar-refractivity contribution in [1.29, 1.82) is 0 Å². The second-order valence-corrected chi connectivity index (χ2v) is 8.51. The molecule has 36 heavy (non-hydrogen) atoms. The van der Waals surface area contributed by atoms with Crippen molar-refractivity contribution in [2.75, 3.05) is 19.0 Å². The van der Waals surface area contributed by atoms with Crippen molar-refractivity contribution in [2.45, 2.75) is 70.0 Å². The van der Waals surface area contributed by atoms with Gasteiger partial charge in [0.25, 0.3) is 5.91 Å². The number of nitrogens with zero attached hydrogens (tertiary/aromatic N) is 1. The van der Waals surface area contributed by atoms with E-state index in [0.29, 0.717) is 37.1 Å². The van der Waals surface area contributed by atoms with Crippen molar-refractivity contribution in [3.8, 4) is 5.75 Å². The standard InChI is InChI=1S/C24H31F3N4O5/c1-4-35-23(33)29-16-11-9-15(10-12-16)28-22(30-18-7-5-6-8-19(18)34-3)31-21(32)17-13-14(2)36-20(17)24(25,26)27/h5-8,13-16,20H,4,9-12H2,1-3H3,(H,29,33)(H2,28,30,31,32). The summed E-state index contributed by atoms with van der Waals surface area (Å²) in [7, 11) is 1.48. The number of ether oxygens (including phenoxy) is 3. The normalized spacial score (nSPS) is 24.5. The number of alkyl carbamates (subject to hydrolysis) is 1. The number of anilines is 1. The van der Waals surface area contributed by atoms with Crippen LogP contribution < -0.4 is 20.7 Å². The van der Waals surface area contributed by atoms with Gasteiger partial charge in [-0.3, -0.25) is 10.1 Å². The van der Waals surface area contributed by atoms with Crippen LogP contribution in [0.4, 0.5) is 23.7 Å². The molecule has 9 nitrogen and oxygen atoms in total. The third-order valence-electron chi connectivity index (χ3n) is 5.80. The number of para-hydroxylation sites is 2. The first-order valence-electron chi connectivity index (χ1n) is 11.8. The number of hydrogen-bond acceptors (Lipinski definition) is 6. The molecule has 2 atom stereocenters. The molecular formula is C24H31F3N4O5. The Kier molecular flexibility index (Phi) is 9.19. The average molecular weight is 513 g/mol. The summed E-state index contributed by atoms with van der Waals surface area (Å²) in [6.07, 6.45) is -4.77. The van der Waals surface area contributed by atoms with Crippen LogP contribution in [0.3, 0.4) is 0 Å². The van der Waals surface area contributed by atoms with Gasteiger partial charge in [0, 0.05) is 6.04 Å². The Morgan fingerprint density at radius 3 is 2.50 bits per heavy atom. The fraction of sp³-hybridized carbons (Fsp3) is 0.542. The Morgan fingerprint density at radius 1 is 1.17 bits per heavy atom. The highest BCUT2D eigenvalue weighted by atomic mass is 19.4. The lowest BCUT2D eigenvalue weighted by molar-refractivity contribution is -0.207. The number of methoxy groups -OCH3 is 1. The SMILES string of the molecule is CCOC(=O)NC1CCC(N=C(NC(=O)C2=CC(C)OC2C(F)(F)F)Nc2ccccc2OC)CC1. The first kappa shape index (κ1) is 27.3. The fourth-order valence-corrected chi connectivity index (χ4v) is 4.14. The minimum atomic E-state index is -4.73. The second kappa shape index (κ2) is 12.1. The summed E-state index contributed by atoms with van der Waals surface area (Å²) in [5.41, 5.74) is -0.0408. The number of rotatable bonds is 6. The number of aliphatic imine (C=N–C) groups is 1. The molecule has 2 aliphatic rings. The van der Waals surface area contributed by atoms with E-state index >= 15 is 0 Å². The third-order valence-corrected chi connectivity index (χ3v) is 5.80. The molecule has 2 amide bonds. The van der Waals surface area contributed by atoms with E-state index in [2.05, 4.69) is 20.9 Å². The van der Waals surface area contributed by atoms with Crippen LogP contribution in [0.25, 0.3) is 0 Å². The third kappa shape index (κ3) is 7.36. The maximum Gasteiger partial charge on any atom is 0.419 e. The number of guanidine groups is 1. The molecule has 1 aliphatic carbocycles. The summed E-state index contributed by atoms with van der Waals surface area (Å²) in [4.78, 5) is 29.2. The molecule has 0 bridgehead atoms.